The SMILES string of the molecule is CC1(CNC(=O)C2(CN)CCOCC2)CCCS1. The number of nitrogens with two attached hydrogens (primary N) is 1. The second kappa shape index (κ2) is 5.80. The number of hydrogen-bond donors (Lipinski definition) is 2. The molecule has 1 unspecified atom stereocenters. The van der Waals surface area contributed by atoms with Crippen LogP contribution in [0.5, 0.6) is 0 Å². The van der Waals surface area contributed by atoms with E-state index in [0.29, 0.717) is 19.8 Å². The second-order valence-electron chi connectivity index (χ2n) is 5.68. The first-order valence-corrected chi connectivity index (χ1v) is 7.79. The molecular formula is C13H24N2O2S. The summed E-state index contributed by atoms with van der Waals surface area (Å²) in [4.78, 5) is 12.4. The Morgan fingerprint density at radius 1 is 1.39 bits per heavy atom. The maximum absolute atomic E-state index is 12.4. The van der Waals surface area contributed by atoms with Crippen molar-refractivity contribution in [1.29, 1.82) is 0 Å². The van der Waals surface area contributed by atoms with E-state index in [1.54, 1.807) is 0 Å². The molecule has 0 radical (unpaired) electrons. The largest absolute Gasteiger partial charge is 0.381 e. The third kappa shape index (κ3) is 3.00. The molecule has 2 saturated heterocycles. The molecule has 0 aromatic carbocycles. The van der Waals surface area contributed by atoms with Crippen molar-refractivity contribution in [3.63, 3.8) is 0 Å². The van der Waals surface area contributed by atoms with Crippen LogP contribution < -0.4 is 11.1 Å². The van der Waals surface area contributed by atoms with Gasteiger partial charge in [-0.05, 0) is 38.4 Å². The minimum atomic E-state index is -0.391. The van der Waals surface area contributed by atoms with Crippen LogP contribution in [-0.4, -0.2) is 42.7 Å². The van der Waals surface area contributed by atoms with E-state index in [9.17, 15) is 4.79 Å². The van der Waals surface area contributed by atoms with Crippen molar-refractivity contribution in [3.8, 4) is 0 Å². The molecule has 0 spiro atoms. The highest BCUT2D eigenvalue weighted by atomic mass is 32.2. The van der Waals surface area contributed by atoms with Crippen molar-refractivity contribution in [1.82, 2.24) is 5.32 Å². The summed E-state index contributed by atoms with van der Waals surface area (Å²) in [6, 6.07) is 0. The van der Waals surface area contributed by atoms with Crippen LogP contribution in [0.25, 0.3) is 0 Å². The molecule has 0 aromatic rings. The van der Waals surface area contributed by atoms with Crippen molar-refractivity contribution in [2.24, 2.45) is 11.1 Å². The minimum Gasteiger partial charge on any atom is -0.381 e. The van der Waals surface area contributed by atoms with Gasteiger partial charge in [0.2, 0.25) is 5.91 Å². The lowest BCUT2D eigenvalue weighted by atomic mass is 9.79. The summed E-state index contributed by atoms with van der Waals surface area (Å²) >= 11 is 1.97. The Morgan fingerprint density at radius 3 is 2.67 bits per heavy atom. The summed E-state index contributed by atoms with van der Waals surface area (Å²) < 4.78 is 5.55. The molecule has 0 bridgehead atoms. The highest BCUT2D eigenvalue weighted by molar-refractivity contribution is 8.00. The molecule has 0 aliphatic carbocycles. The van der Waals surface area contributed by atoms with Crippen LogP contribution in [0.4, 0.5) is 0 Å². The van der Waals surface area contributed by atoms with Gasteiger partial charge in [-0.25, -0.2) is 0 Å². The maximum atomic E-state index is 12.4. The number of carbonyl (C=O) groups excluding carboxylic acids is 1. The summed E-state index contributed by atoms with van der Waals surface area (Å²) in [5.41, 5.74) is 5.44. The second-order valence-corrected chi connectivity index (χ2v) is 7.36. The molecule has 2 heterocycles. The van der Waals surface area contributed by atoms with Crippen molar-refractivity contribution >= 4 is 17.7 Å². The lowest BCUT2D eigenvalue weighted by Gasteiger charge is -2.35. The molecular weight excluding hydrogens is 248 g/mol. The lowest BCUT2D eigenvalue weighted by molar-refractivity contribution is -0.136. The predicted molar refractivity (Wildman–Crippen MR) is 74.6 cm³/mol. The van der Waals surface area contributed by atoms with Gasteiger partial charge in [0.25, 0.3) is 0 Å². The van der Waals surface area contributed by atoms with Crippen LogP contribution in [0.1, 0.15) is 32.6 Å². The molecule has 0 saturated carbocycles. The van der Waals surface area contributed by atoms with Crippen LogP contribution in [0.3, 0.4) is 0 Å². The van der Waals surface area contributed by atoms with Crippen LogP contribution in [-0.2, 0) is 9.53 Å². The van der Waals surface area contributed by atoms with E-state index in [2.05, 4.69) is 12.2 Å². The Hall–Kier alpha value is -0.260. The first-order valence-electron chi connectivity index (χ1n) is 6.80. The molecule has 2 fully saturated rings. The summed E-state index contributed by atoms with van der Waals surface area (Å²) in [5.74, 6) is 1.34. The van der Waals surface area contributed by atoms with Crippen LogP contribution >= 0.6 is 11.8 Å². The van der Waals surface area contributed by atoms with Gasteiger partial charge in [0.1, 0.15) is 0 Å². The van der Waals surface area contributed by atoms with Crippen LogP contribution in [0.2, 0.25) is 0 Å². The Morgan fingerprint density at radius 2 is 2.11 bits per heavy atom. The van der Waals surface area contributed by atoms with Gasteiger partial charge >= 0.3 is 0 Å². The molecule has 3 N–H and O–H groups in total. The quantitative estimate of drug-likeness (QED) is 0.805. The van der Waals surface area contributed by atoms with Crippen molar-refractivity contribution in [2.75, 3.05) is 32.1 Å². The lowest BCUT2D eigenvalue weighted by Crippen LogP contribution is -2.51. The standard InChI is InChI=1S/C13H24N2O2S/c1-12(3-2-8-18-12)10-15-11(16)13(9-14)4-6-17-7-5-13/h2-10,14H2,1H3,(H,15,16). The molecule has 18 heavy (non-hydrogen) atoms. The first-order chi connectivity index (χ1) is 8.60. The van der Waals surface area contributed by atoms with Crippen LogP contribution in [0.15, 0.2) is 0 Å². The molecule has 2 aliphatic rings. The van der Waals surface area contributed by atoms with Crippen molar-refractivity contribution in [3.05, 3.63) is 0 Å². The summed E-state index contributed by atoms with van der Waals surface area (Å²) in [6.45, 7) is 4.72. The van der Waals surface area contributed by atoms with E-state index < -0.39 is 5.41 Å². The molecule has 1 atom stereocenters. The zero-order chi connectivity index (χ0) is 13.1. The Labute approximate surface area is 113 Å². The van der Waals surface area contributed by atoms with E-state index in [1.807, 2.05) is 11.8 Å². The fourth-order valence-electron chi connectivity index (χ4n) is 2.72. The topological polar surface area (TPSA) is 64.4 Å². The first kappa shape index (κ1) is 14.2. The van der Waals surface area contributed by atoms with Gasteiger partial charge in [-0.2, -0.15) is 11.8 Å². The van der Waals surface area contributed by atoms with E-state index >= 15 is 0 Å². The fourth-order valence-corrected chi connectivity index (χ4v) is 3.96. The summed E-state index contributed by atoms with van der Waals surface area (Å²) in [7, 11) is 0. The number of rotatable bonds is 4. The maximum Gasteiger partial charge on any atom is 0.227 e. The molecule has 1 amide bonds. The summed E-state index contributed by atoms with van der Waals surface area (Å²) in [5, 5.41) is 3.13. The van der Waals surface area contributed by atoms with E-state index in [1.165, 1.54) is 18.6 Å². The molecule has 4 nitrogen and oxygen atoms in total. The number of hydrogen-bond acceptors (Lipinski definition) is 4. The average molecular weight is 272 g/mol. The van der Waals surface area contributed by atoms with Gasteiger partial charge in [-0.15, -0.1) is 0 Å². The Bertz CT molecular complexity index is 297. The highest BCUT2D eigenvalue weighted by Crippen LogP contribution is 2.37. The zero-order valence-corrected chi connectivity index (χ0v) is 12.0. The molecule has 5 heteroatoms. The van der Waals surface area contributed by atoms with Gasteiger partial charge in [-0.3, -0.25) is 4.79 Å². The number of amides is 1. The predicted octanol–water partition coefficient (Wildman–Crippen LogP) is 1.14. The van der Waals surface area contributed by atoms with E-state index in [4.69, 9.17) is 10.5 Å². The Balaban J connectivity index is 1.89. The monoisotopic (exact) mass is 272 g/mol. The average Bonchev–Trinajstić information content (AvgIpc) is 2.84. The van der Waals surface area contributed by atoms with Crippen LogP contribution in [0, 0.1) is 5.41 Å². The van der Waals surface area contributed by atoms with Gasteiger partial charge in [0.15, 0.2) is 0 Å². The zero-order valence-electron chi connectivity index (χ0n) is 11.2. The smallest absolute Gasteiger partial charge is 0.227 e. The highest BCUT2D eigenvalue weighted by Gasteiger charge is 2.40. The van der Waals surface area contributed by atoms with Crippen molar-refractivity contribution in [2.45, 2.75) is 37.4 Å². The normalized spacial score (nSPS) is 31.2. The number of ether oxygens (including phenoxy) is 1. The molecule has 104 valence electrons. The molecule has 2 rings (SSSR count). The Kier molecular flexibility index (Phi) is 4.56. The minimum absolute atomic E-state index is 0.127. The van der Waals surface area contributed by atoms with Gasteiger partial charge < -0.3 is 15.8 Å². The van der Waals surface area contributed by atoms with E-state index in [0.717, 1.165) is 19.4 Å². The number of nitrogens with one attached hydrogen (secondary N) is 1. The van der Waals surface area contributed by atoms with Gasteiger partial charge in [-0.1, -0.05) is 0 Å². The van der Waals surface area contributed by atoms with Crippen molar-refractivity contribution < 1.29 is 9.53 Å². The summed E-state index contributed by atoms with van der Waals surface area (Å²) in [6.07, 6.45) is 3.95. The third-order valence-corrected chi connectivity index (χ3v) is 5.78. The number of thioether (sulfide) groups is 1. The fraction of sp³-hybridized carbons (Fsp3) is 0.923. The molecule has 2 aliphatic heterocycles. The van der Waals surface area contributed by atoms with Gasteiger partial charge in [0, 0.05) is 31.1 Å². The number of carbonyl (C=O) groups is 1. The third-order valence-electron chi connectivity index (χ3n) is 4.25. The van der Waals surface area contributed by atoms with Gasteiger partial charge in [0.05, 0.1) is 5.41 Å². The molecule has 0 aromatic heterocycles. The van der Waals surface area contributed by atoms with E-state index in [-0.39, 0.29) is 10.7 Å².